The van der Waals surface area contributed by atoms with Crippen LogP contribution in [-0.4, -0.2) is 17.0 Å². The molecule has 20 heavy (non-hydrogen) atoms. The second kappa shape index (κ2) is 5.10. The Morgan fingerprint density at radius 2 is 1.80 bits per heavy atom. The second-order valence-corrected chi connectivity index (χ2v) is 5.00. The van der Waals surface area contributed by atoms with E-state index in [0.29, 0.717) is 5.02 Å². The Labute approximate surface area is 122 Å². The maximum absolute atomic E-state index is 6.27. The van der Waals surface area contributed by atoms with Crippen molar-refractivity contribution in [2.45, 2.75) is 6.92 Å². The largest absolute Gasteiger partial charge is 0.371 e. The third kappa shape index (κ3) is 2.10. The second-order valence-electron chi connectivity index (χ2n) is 4.59. The highest BCUT2D eigenvalue weighted by Crippen LogP contribution is 2.32. The summed E-state index contributed by atoms with van der Waals surface area (Å²) in [6.45, 7) is 2.03. The van der Waals surface area contributed by atoms with Crippen molar-refractivity contribution in [1.82, 2.24) is 9.97 Å². The molecule has 0 radical (unpaired) electrons. The van der Waals surface area contributed by atoms with Gasteiger partial charge in [0.05, 0.1) is 16.1 Å². The predicted octanol–water partition coefficient (Wildman–Crippen LogP) is 4.30. The molecule has 0 bridgehead atoms. The van der Waals surface area contributed by atoms with E-state index in [1.54, 1.807) is 0 Å². The van der Waals surface area contributed by atoms with Crippen molar-refractivity contribution >= 4 is 28.5 Å². The van der Waals surface area contributed by atoms with Crippen LogP contribution in [-0.2, 0) is 0 Å². The summed E-state index contributed by atoms with van der Waals surface area (Å²) >= 11 is 6.27. The summed E-state index contributed by atoms with van der Waals surface area (Å²) in [6.07, 6.45) is 0. The van der Waals surface area contributed by atoms with E-state index in [2.05, 4.69) is 10.3 Å². The van der Waals surface area contributed by atoms with Crippen LogP contribution in [0.25, 0.3) is 22.3 Å². The molecule has 100 valence electrons. The highest BCUT2D eigenvalue weighted by molar-refractivity contribution is 6.33. The monoisotopic (exact) mass is 283 g/mol. The molecule has 3 aromatic rings. The fraction of sp³-hybridized carbons (Fsp3) is 0.125. The smallest absolute Gasteiger partial charge is 0.153 e. The number of nitrogens with zero attached hydrogens (tertiary/aromatic N) is 2. The van der Waals surface area contributed by atoms with Gasteiger partial charge in [0.15, 0.2) is 5.82 Å². The van der Waals surface area contributed by atoms with Gasteiger partial charge in [0.2, 0.25) is 0 Å². The summed E-state index contributed by atoms with van der Waals surface area (Å²) in [5, 5.41) is 3.78. The lowest BCUT2D eigenvalue weighted by atomic mass is 10.1. The topological polar surface area (TPSA) is 37.8 Å². The number of para-hydroxylation sites is 1. The van der Waals surface area contributed by atoms with Crippen LogP contribution in [0.4, 0.5) is 5.82 Å². The molecule has 0 amide bonds. The molecule has 0 aliphatic heterocycles. The number of nitrogens with one attached hydrogen (secondary N) is 1. The molecule has 0 saturated heterocycles. The first-order chi connectivity index (χ1) is 9.70. The normalized spacial score (nSPS) is 10.8. The number of halogens is 1. The van der Waals surface area contributed by atoms with Crippen LogP contribution >= 0.6 is 11.6 Å². The van der Waals surface area contributed by atoms with Crippen molar-refractivity contribution in [2.75, 3.05) is 12.4 Å². The molecule has 2 aromatic carbocycles. The molecule has 0 saturated carbocycles. The van der Waals surface area contributed by atoms with E-state index in [0.717, 1.165) is 33.7 Å². The Bertz CT molecular complexity index is 784. The Morgan fingerprint density at radius 1 is 1.00 bits per heavy atom. The maximum atomic E-state index is 6.27. The number of hydrogen-bond acceptors (Lipinski definition) is 3. The molecule has 0 aliphatic rings. The van der Waals surface area contributed by atoms with Gasteiger partial charge in [-0.2, -0.15) is 0 Å². The number of benzene rings is 2. The van der Waals surface area contributed by atoms with Gasteiger partial charge in [-0.05, 0) is 24.6 Å². The van der Waals surface area contributed by atoms with Gasteiger partial charge in [0.25, 0.3) is 0 Å². The third-order valence-electron chi connectivity index (χ3n) is 3.26. The first kappa shape index (κ1) is 12.9. The lowest BCUT2D eigenvalue weighted by molar-refractivity contribution is 1.25. The fourth-order valence-corrected chi connectivity index (χ4v) is 2.46. The zero-order valence-corrected chi connectivity index (χ0v) is 12.1. The number of hydrogen-bond donors (Lipinski definition) is 1. The van der Waals surface area contributed by atoms with Crippen molar-refractivity contribution in [3.05, 3.63) is 53.1 Å². The van der Waals surface area contributed by atoms with E-state index < -0.39 is 0 Å². The van der Waals surface area contributed by atoms with Crippen LogP contribution in [0.15, 0.2) is 42.5 Å². The van der Waals surface area contributed by atoms with Crippen molar-refractivity contribution in [3.63, 3.8) is 0 Å². The molecule has 0 unspecified atom stereocenters. The Balaban J connectivity index is 2.33. The summed E-state index contributed by atoms with van der Waals surface area (Å²) in [6, 6.07) is 13.7. The number of anilines is 1. The number of aryl methyl sites for hydroxylation is 1. The summed E-state index contributed by atoms with van der Waals surface area (Å²) in [5.74, 6) is 0.736. The van der Waals surface area contributed by atoms with Gasteiger partial charge in [0, 0.05) is 12.6 Å². The number of fused-ring (bicyclic) bond motifs is 1. The number of aromatic nitrogens is 2. The van der Waals surface area contributed by atoms with E-state index in [-0.39, 0.29) is 0 Å². The molecule has 0 atom stereocenters. The zero-order valence-electron chi connectivity index (χ0n) is 11.3. The van der Waals surface area contributed by atoms with Crippen LogP contribution in [0.1, 0.15) is 5.56 Å². The summed E-state index contributed by atoms with van der Waals surface area (Å²) in [7, 11) is 1.84. The van der Waals surface area contributed by atoms with Crippen molar-refractivity contribution in [1.29, 1.82) is 0 Å². The van der Waals surface area contributed by atoms with Crippen LogP contribution in [0, 0.1) is 6.92 Å². The van der Waals surface area contributed by atoms with Crippen LogP contribution in [0.3, 0.4) is 0 Å². The molecule has 3 rings (SSSR count). The van der Waals surface area contributed by atoms with E-state index >= 15 is 0 Å². The first-order valence-electron chi connectivity index (χ1n) is 6.40. The quantitative estimate of drug-likeness (QED) is 0.762. The average Bonchev–Trinajstić information content (AvgIpc) is 2.47. The lowest BCUT2D eigenvalue weighted by Gasteiger charge is -2.11. The maximum Gasteiger partial charge on any atom is 0.153 e. The highest BCUT2D eigenvalue weighted by atomic mass is 35.5. The summed E-state index contributed by atoms with van der Waals surface area (Å²) in [4.78, 5) is 9.41. The van der Waals surface area contributed by atoms with Gasteiger partial charge in [-0.15, -0.1) is 0 Å². The molecule has 1 heterocycles. The van der Waals surface area contributed by atoms with E-state index in [4.69, 9.17) is 16.6 Å². The SMILES string of the molecule is CNc1nc2c(C)cccc2nc1-c1ccccc1Cl. The Kier molecular flexibility index (Phi) is 3.28. The minimum Gasteiger partial charge on any atom is -0.371 e. The van der Waals surface area contributed by atoms with Crippen LogP contribution in [0.2, 0.25) is 5.02 Å². The average molecular weight is 284 g/mol. The highest BCUT2D eigenvalue weighted by Gasteiger charge is 2.13. The van der Waals surface area contributed by atoms with Gasteiger partial charge in [-0.1, -0.05) is 41.9 Å². The number of rotatable bonds is 2. The Morgan fingerprint density at radius 3 is 2.55 bits per heavy atom. The van der Waals surface area contributed by atoms with Crippen LogP contribution in [0.5, 0.6) is 0 Å². The van der Waals surface area contributed by atoms with Gasteiger partial charge in [0.1, 0.15) is 5.69 Å². The minimum atomic E-state index is 0.672. The standard InChI is InChI=1S/C16H14ClN3/c1-10-6-5-9-13-14(10)20-16(18-2)15(19-13)11-7-3-4-8-12(11)17/h3-9H,1-2H3,(H,18,20). The van der Waals surface area contributed by atoms with Crippen LogP contribution < -0.4 is 5.32 Å². The van der Waals surface area contributed by atoms with E-state index in [1.807, 2.05) is 56.4 Å². The van der Waals surface area contributed by atoms with Crippen molar-refractivity contribution < 1.29 is 0 Å². The third-order valence-corrected chi connectivity index (χ3v) is 3.59. The molecule has 0 spiro atoms. The first-order valence-corrected chi connectivity index (χ1v) is 6.78. The zero-order chi connectivity index (χ0) is 14.1. The lowest BCUT2D eigenvalue weighted by Crippen LogP contribution is -2.00. The molecular formula is C16H14ClN3. The molecule has 0 aliphatic carbocycles. The Hall–Kier alpha value is -2.13. The molecule has 1 aromatic heterocycles. The molecule has 4 heteroatoms. The minimum absolute atomic E-state index is 0.672. The fourth-order valence-electron chi connectivity index (χ4n) is 2.23. The summed E-state index contributed by atoms with van der Waals surface area (Å²) < 4.78 is 0. The van der Waals surface area contributed by atoms with Gasteiger partial charge >= 0.3 is 0 Å². The molecular weight excluding hydrogens is 270 g/mol. The molecule has 1 N–H and O–H groups in total. The predicted molar refractivity (Wildman–Crippen MR) is 84.3 cm³/mol. The van der Waals surface area contributed by atoms with E-state index in [1.165, 1.54) is 0 Å². The summed E-state index contributed by atoms with van der Waals surface area (Å²) in [5.41, 5.74) is 4.55. The van der Waals surface area contributed by atoms with Gasteiger partial charge < -0.3 is 5.32 Å². The van der Waals surface area contributed by atoms with Gasteiger partial charge in [-0.3, -0.25) is 0 Å². The van der Waals surface area contributed by atoms with Crippen molar-refractivity contribution in [3.8, 4) is 11.3 Å². The molecule has 3 nitrogen and oxygen atoms in total. The van der Waals surface area contributed by atoms with E-state index in [9.17, 15) is 0 Å². The molecule has 0 fully saturated rings. The van der Waals surface area contributed by atoms with Gasteiger partial charge in [-0.25, -0.2) is 9.97 Å². The van der Waals surface area contributed by atoms with Crippen molar-refractivity contribution in [2.24, 2.45) is 0 Å².